The molecule has 1 atom stereocenters. The van der Waals surface area contributed by atoms with E-state index in [1.165, 1.54) is 5.56 Å². The average Bonchev–Trinajstić information content (AvgIpc) is 2.98. The summed E-state index contributed by atoms with van der Waals surface area (Å²) in [6.07, 6.45) is 0.986. The van der Waals surface area contributed by atoms with Crippen molar-refractivity contribution in [3.8, 4) is 0 Å². The van der Waals surface area contributed by atoms with E-state index in [4.69, 9.17) is 0 Å². The number of rotatable bonds is 4. The van der Waals surface area contributed by atoms with Crippen LogP contribution < -0.4 is 10.6 Å². The van der Waals surface area contributed by atoms with Crippen molar-refractivity contribution in [2.24, 2.45) is 0 Å². The fraction of sp³-hybridized carbons (Fsp3) is 0.316. The molecule has 3 rings (SSSR count). The second-order valence-corrected chi connectivity index (χ2v) is 7.18. The highest BCUT2D eigenvalue weighted by Gasteiger charge is 2.23. The van der Waals surface area contributed by atoms with Crippen LogP contribution in [-0.4, -0.2) is 30.1 Å². The third kappa shape index (κ3) is 4.58. The Kier molecular flexibility index (Phi) is 5.53. The number of anilines is 1. The van der Waals surface area contributed by atoms with Crippen LogP contribution in [0.15, 0.2) is 53.0 Å². The molecule has 0 spiro atoms. The maximum atomic E-state index is 12.2. The second kappa shape index (κ2) is 7.81. The first-order chi connectivity index (χ1) is 11.6. The molecule has 1 saturated heterocycles. The minimum absolute atomic E-state index is 0.132. The molecule has 0 saturated carbocycles. The Balaban J connectivity index is 1.49. The molecule has 2 amide bonds. The number of carbonyl (C=O) groups excluding carboxylic acids is 1. The molecule has 5 heteroatoms. The molecule has 0 aliphatic carbocycles. The van der Waals surface area contributed by atoms with Gasteiger partial charge in [0.1, 0.15) is 0 Å². The normalized spacial score (nSPS) is 17.7. The Hall–Kier alpha value is -1.85. The van der Waals surface area contributed by atoms with Crippen LogP contribution in [0.25, 0.3) is 0 Å². The van der Waals surface area contributed by atoms with Crippen molar-refractivity contribution in [2.75, 3.05) is 18.4 Å². The number of hydrogen-bond acceptors (Lipinski definition) is 2. The van der Waals surface area contributed by atoms with Crippen LogP contribution in [0.5, 0.6) is 0 Å². The molecule has 1 unspecified atom stereocenters. The van der Waals surface area contributed by atoms with Gasteiger partial charge in [-0.3, -0.25) is 4.90 Å². The van der Waals surface area contributed by atoms with Gasteiger partial charge in [0.2, 0.25) is 0 Å². The number of amides is 2. The van der Waals surface area contributed by atoms with Gasteiger partial charge in [-0.05, 0) is 42.7 Å². The first-order valence-corrected chi connectivity index (χ1v) is 8.99. The summed E-state index contributed by atoms with van der Waals surface area (Å²) in [7, 11) is 0. The minimum atomic E-state index is -0.132. The Bertz CT molecular complexity index is 705. The number of likely N-dealkylation sites (tertiary alicyclic amines) is 1. The Morgan fingerprint density at radius 2 is 2.04 bits per heavy atom. The summed E-state index contributed by atoms with van der Waals surface area (Å²) in [6.45, 7) is 4.82. The summed E-state index contributed by atoms with van der Waals surface area (Å²) in [6, 6.07) is 16.3. The van der Waals surface area contributed by atoms with E-state index >= 15 is 0 Å². The summed E-state index contributed by atoms with van der Waals surface area (Å²) >= 11 is 3.43. The predicted octanol–water partition coefficient (Wildman–Crippen LogP) is 4.15. The number of nitrogens with zero attached hydrogens (tertiary/aromatic N) is 1. The van der Waals surface area contributed by atoms with Gasteiger partial charge in [-0.1, -0.05) is 46.3 Å². The van der Waals surface area contributed by atoms with E-state index < -0.39 is 0 Å². The van der Waals surface area contributed by atoms with Crippen molar-refractivity contribution in [1.29, 1.82) is 0 Å². The molecule has 0 aromatic heterocycles. The number of nitrogens with one attached hydrogen (secondary N) is 2. The van der Waals surface area contributed by atoms with Crippen LogP contribution in [0.3, 0.4) is 0 Å². The molecule has 2 aromatic carbocycles. The molecular weight excluding hydrogens is 366 g/mol. The lowest BCUT2D eigenvalue weighted by Gasteiger charge is -2.17. The van der Waals surface area contributed by atoms with Crippen LogP contribution in [0.2, 0.25) is 0 Å². The van der Waals surface area contributed by atoms with Gasteiger partial charge in [-0.15, -0.1) is 0 Å². The third-order valence-electron chi connectivity index (χ3n) is 4.29. The SMILES string of the molecule is Cc1cc(Br)ccc1NC(=O)NC1CCN(Cc2ccccc2)C1. The van der Waals surface area contributed by atoms with E-state index in [1.807, 2.05) is 31.2 Å². The highest BCUT2D eigenvalue weighted by atomic mass is 79.9. The molecule has 1 aliphatic heterocycles. The summed E-state index contributed by atoms with van der Waals surface area (Å²) in [4.78, 5) is 14.6. The van der Waals surface area contributed by atoms with Gasteiger partial charge in [-0.25, -0.2) is 4.79 Å². The Morgan fingerprint density at radius 3 is 2.79 bits per heavy atom. The molecule has 2 aromatic rings. The van der Waals surface area contributed by atoms with Gasteiger partial charge in [0.05, 0.1) is 0 Å². The molecule has 1 heterocycles. The highest BCUT2D eigenvalue weighted by Crippen LogP contribution is 2.20. The van der Waals surface area contributed by atoms with Gasteiger partial charge < -0.3 is 10.6 Å². The molecular formula is C19H22BrN3O. The number of aryl methyl sites for hydroxylation is 1. The maximum Gasteiger partial charge on any atom is 0.319 e. The van der Waals surface area contributed by atoms with Crippen LogP contribution in [0.4, 0.5) is 10.5 Å². The zero-order valence-corrected chi connectivity index (χ0v) is 15.3. The molecule has 0 bridgehead atoms. The number of hydrogen-bond donors (Lipinski definition) is 2. The fourth-order valence-corrected chi connectivity index (χ4v) is 3.52. The van der Waals surface area contributed by atoms with E-state index in [0.29, 0.717) is 0 Å². The van der Waals surface area contributed by atoms with Crippen molar-refractivity contribution in [2.45, 2.75) is 25.9 Å². The van der Waals surface area contributed by atoms with Gasteiger partial charge >= 0.3 is 6.03 Å². The first-order valence-electron chi connectivity index (χ1n) is 8.20. The van der Waals surface area contributed by atoms with Crippen molar-refractivity contribution < 1.29 is 4.79 Å². The van der Waals surface area contributed by atoms with E-state index in [-0.39, 0.29) is 12.1 Å². The third-order valence-corrected chi connectivity index (χ3v) is 4.79. The monoisotopic (exact) mass is 387 g/mol. The average molecular weight is 388 g/mol. The van der Waals surface area contributed by atoms with Crippen molar-refractivity contribution in [3.63, 3.8) is 0 Å². The van der Waals surface area contributed by atoms with Gasteiger partial charge in [0, 0.05) is 35.8 Å². The molecule has 4 nitrogen and oxygen atoms in total. The van der Waals surface area contributed by atoms with Gasteiger partial charge in [0.25, 0.3) is 0 Å². The van der Waals surface area contributed by atoms with Gasteiger partial charge in [-0.2, -0.15) is 0 Å². The summed E-state index contributed by atoms with van der Waals surface area (Å²) < 4.78 is 1.01. The van der Waals surface area contributed by atoms with E-state index in [0.717, 1.165) is 41.8 Å². The van der Waals surface area contributed by atoms with Crippen molar-refractivity contribution in [1.82, 2.24) is 10.2 Å². The predicted molar refractivity (Wildman–Crippen MR) is 101 cm³/mol. The molecule has 126 valence electrons. The molecule has 0 radical (unpaired) electrons. The maximum absolute atomic E-state index is 12.2. The Morgan fingerprint density at radius 1 is 1.25 bits per heavy atom. The minimum Gasteiger partial charge on any atom is -0.334 e. The zero-order chi connectivity index (χ0) is 16.9. The highest BCUT2D eigenvalue weighted by molar-refractivity contribution is 9.10. The van der Waals surface area contributed by atoms with E-state index in [2.05, 4.69) is 55.7 Å². The Labute approximate surface area is 151 Å². The van der Waals surface area contributed by atoms with Gasteiger partial charge in [0.15, 0.2) is 0 Å². The smallest absolute Gasteiger partial charge is 0.319 e. The van der Waals surface area contributed by atoms with Crippen molar-refractivity contribution >= 4 is 27.6 Å². The summed E-state index contributed by atoms with van der Waals surface area (Å²) in [5.41, 5.74) is 3.19. The lowest BCUT2D eigenvalue weighted by atomic mass is 10.2. The van der Waals surface area contributed by atoms with Crippen LogP contribution in [0.1, 0.15) is 17.5 Å². The quantitative estimate of drug-likeness (QED) is 0.827. The summed E-state index contributed by atoms with van der Waals surface area (Å²) in [5.74, 6) is 0. The largest absolute Gasteiger partial charge is 0.334 e. The van der Waals surface area contributed by atoms with Crippen LogP contribution in [0, 0.1) is 6.92 Å². The number of benzene rings is 2. The second-order valence-electron chi connectivity index (χ2n) is 6.26. The lowest BCUT2D eigenvalue weighted by Crippen LogP contribution is -2.39. The topological polar surface area (TPSA) is 44.4 Å². The molecule has 2 N–H and O–H groups in total. The summed E-state index contributed by atoms with van der Waals surface area (Å²) in [5, 5.41) is 6.02. The van der Waals surface area contributed by atoms with E-state index in [1.54, 1.807) is 0 Å². The fourth-order valence-electron chi connectivity index (χ4n) is 3.05. The van der Waals surface area contributed by atoms with Crippen molar-refractivity contribution in [3.05, 3.63) is 64.1 Å². The zero-order valence-electron chi connectivity index (χ0n) is 13.8. The standard InChI is InChI=1S/C19H22BrN3O/c1-14-11-16(20)7-8-18(14)22-19(24)21-17-9-10-23(13-17)12-15-5-3-2-4-6-15/h2-8,11,17H,9-10,12-13H2,1H3,(H2,21,22,24). The lowest BCUT2D eigenvalue weighted by molar-refractivity contribution is 0.247. The number of halogens is 1. The first kappa shape index (κ1) is 17.0. The molecule has 24 heavy (non-hydrogen) atoms. The number of carbonyl (C=O) groups is 1. The molecule has 1 fully saturated rings. The van der Waals surface area contributed by atoms with Crippen LogP contribution in [-0.2, 0) is 6.54 Å². The molecule has 1 aliphatic rings. The van der Waals surface area contributed by atoms with Crippen LogP contribution >= 0.6 is 15.9 Å². The van der Waals surface area contributed by atoms with E-state index in [9.17, 15) is 4.79 Å². The number of urea groups is 1.